The molecule has 0 saturated carbocycles. The molecule has 0 spiro atoms. The molecule has 2 aliphatic rings. The number of hydrogen-bond acceptors (Lipinski definition) is 4. The largest absolute Gasteiger partial charge is 0.355 e. The van der Waals surface area contributed by atoms with Gasteiger partial charge in [0.2, 0.25) is 0 Å². The number of aryl methyl sites for hydroxylation is 3. The van der Waals surface area contributed by atoms with Gasteiger partial charge in [0.1, 0.15) is 5.82 Å². The highest BCUT2D eigenvalue weighted by molar-refractivity contribution is 5.85. The van der Waals surface area contributed by atoms with Gasteiger partial charge in [-0.05, 0) is 46.1 Å². The summed E-state index contributed by atoms with van der Waals surface area (Å²) in [6.07, 6.45) is 2.65. The Morgan fingerprint density at radius 3 is 2.70 bits per heavy atom. The van der Waals surface area contributed by atoms with Crippen LogP contribution < -0.4 is 10.2 Å². The molecule has 0 radical (unpaired) electrons. The van der Waals surface area contributed by atoms with Gasteiger partial charge >= 0.3 is 0 Å². The average Bonchev–Trinajstić information content (AvgIpc) is 3.02. The molecule has 0 amide bonds. The van der Waals surface area contributed by atoms with Gasteiger partial charge in [-0.15, -0.1) is 24.8 Å². The minimum atomic E-state index is 0. The van der Waals surface area contributed by atoms with Gasteiger partial charge in [-0.1, -0.05) is 0 Å². The van der Waals surface area contributed by atoms with Crippen molar-refractivity contribution >= 4 is 36.3 Å². The summed E-state index contributed by atoms with van der Waals surface area (Å²) in [6.45, 7) is 9.63. The lowest BCUT2D eigenvalue weighted by molar-refractivity contribution is 0.340. The molecule has 0 bridgehead atoms. The molecule has 0 aromatic carbocycles. The summed E-state index contributed by atoms with van der Waals surface area (Å²) in [5.41, 5.74) is 4.34. The van der Waals surface area contributed by atoms with Crippen LogP contribution >= 0.6 is 24.8 Å². The van der Waals surface area contributed by atoms with Gasteiger partial charge < -0.3 is 10.2 Å². The number of piperidine rings is 1. The lowest BCUT2D eigenvalue weighted by Crippen LogP contribution is -2.40. The molecule has 128 valence electrons. The van der Waals surface area contributed by atoms with Crippen LogP contribution in [0.5, 0.6) is 0 Å². The molecule has 7 heteroatoms. The van der Waals surface area contributed by atoms with E-state index in [9.17, 15) is 0 Å². The van der Waals surface area contributed by atoms with Gasteiger partial charge in [-0.3, -0.25) is 0 Å². The molecule has 23 heavy (non-hydrogen) atoms. The van der Waals surface area contributed by atoms with Crippen molar-refractivity contribution < 1.29 is 0 Å². The second-order valence-corrected chi connectivity index (χ2v) is 6.57. The van der Waals surface area contributed by atoms with Crippen LogP contribution in [0, 0.1) is 26.7 Å². The van der Waals surface area contributed by atoms with Crippen LogP contribution in [0.4, 0.5) is 5.82 Å². The van der Waals surface area contributed by atoms with Gasteiger partial charge in [0.05, 0.1) is 5.69 Å². The van der Waals surface area contributed by atoms with Gasteiger partial charge in [-0.2, -0.15) is 9.61 Å². The van der Waals surface area contributed by atoms with E-state index in [1.165, 1.54) is 30.8 Å². The summed E-state index contributed by atoms with van der Waals surface area (Å²) in [4.78, 5) is 7.16. The third kappa shape index (κ3) is 3.02. The molecular weight excluding hydrogens is 333 g/mol. The number of halogens is 2. The van der Waals surface area contributed by atoms with Gasteiger partial charge in [-0.25, -0.2) is 4.98 Å². The third-order valence-electron chi connectivity index (χ3n) is 5.09. The van der Waals surface area contributed by atoms with Gasteiger partial charge in [0.25, 0.3) is 0 Å². The van der Waals surface area contributed by atoms with E-state index in [4.69, 9.17) is 5.10 Å². The Morgan fingerprint density at radius 2 is 1.96 bits per heavy atom. The van der Waals surface area contributed by atoms with Crippen LogP contribution in [0.1, 0.15) is 29.8 Å². The second kappa shape index (κ2) is 6.83. The highest BCUT2D eigenvalue weighted by Crippen LogP contribution is 2.30. The fraction of sp³-hybridized carbons (Fsp3) is 0.625. The molecule has 5 nitrogen and oxygen atoms in total. The maximum Gasteiger partial charge on any atom is 0.160 e. The van der Waals surface area contributed by atoms with Crippen LogP contribution in [0.15, 0.2) is 6.07 Å². The van der Waals surface area contributed by atoms with E-state index in [2.05, 4.69) is 42.0 Å². The molecule has 1 N–H and O–H groups in total. The van der Waals surface area contributed by atoms with E-state index in [0.29, 0.717) is 6.04 Å². The van der Waals surface area contributed by atoms with Crippen molar-refractivity contribution in [1.82, 2.24) is 19.9 Å². The van der Waals surface area contributed by atoms with Crippen LogP contribution in [-0.2, 0) is 0 Å². The van der Waals surface area contributed by atoms with Crippen LogP contribution in [0.3, 0.4) is 0 Å². The topological polar surface area (TPSA) is 45.5 Å². The first kappa shape index (κ1) is 18.3. The normalized spacial score (nSPS) is 23.3. The highest BCUT2D eigenvalue weighted by Gasteiger charge is 2.35. The number of rotatable bonds is 1. The molecule has 4 rings (SSSR count). The first-order chi connectivity index (χ1) is 10.1. The zero-order valence-electron chi connectivity index (χ0n) is 13.9. The molecule has 2 saturated heterocycles. The van der Waals surface area contributed by atoms with Crippen molar-refractivity contribution in [3.63, 3.8) is 0 Å². The molecule has 4 heterocycles. The number of hydrogen-bond donors (Lipinski definition) is 1. The summed E-state index contributed by atoms with van der Waals surface area (Å²) in [5.74, 6) is 1.98. The van der Waals surface area contributed by atoms with Crippen molar-refractivity contribution in [3.8, 4) is 0 Å². The third-order valence-corrected chi connectivity index (χ3v) is 5.09. The molecule has 0 unspecified atom stereocenters. The number of nitrogens with one attached hydrogen (secondary N) is 1. The second-order valence-electron chi connectivity index (χ2n) is 6.57. The standard InChI is InChI=1S/C16H23N5.2ClH/c1-10-7-15(21-16(18-10)11(2)12(3)19-21)20-8-13-5-4-6-17-14(13)9-20;;/h7,13-14,17H,4-6,8-9H2,1-3H3;2*1H/t13-,14+;;/m0../s1. The van der Waals surface area contributed by atoms with Crippen LogP contribution in [-0.4, -0.2) is 40.3 Å². The van der Waals surface area contributed by atoms with E-state index in [1.807, 2.05) is 4.52 Å². The maximum atomic E-state index is 4.71. The quantitative estimate of drug-likeness (QED) is 0.852. The first-order valence-corrected chi connectivity index (χ1v) is 7.95. The van der Waals surface area contributed by atoms with Crippen molar-refractivity contribution in [2.45, 2.75) is 39.7 Å². The highest BCUT2D eigenvalue weighted by atomic mass is 35.5. The fourth-order valence-electron chi connectivity index (χ4n) is 3.79. The smallest absolute Gasteiger partial charge is 0.160 e. The Kier molecular flexibility index (Phi) is 5.44. The Morgan fingerprint density at radius 1 is 1.17 bits per heavy atom. The number of anilines is 1. The average molecular weight is 358 g/mol. The first-order valence-electron chi connectivity index (χ1n) is 7.95. The predicted octanol–water partition coefficient (Wildman–Crippen LogP) is 2.69. The Bertz CT molecular complexity index is 685. The molecule has 2 aromatic heterocycles. The Labute approximate surface area is 149 Å². The molecule has 2 atom stereocenters. The summed E-state index contributed by atoms with van der Waals surface area (Å²) < 4.78 is 2.04. The monoisotopic (exact) mass is 357 g/mol. The zero-order chi connectivity index (χ0) is 14.6. The predicted molar refractivity (Wildman–Crippen MR) is 98.4 cm³/mol. The number of aromatic nitrogens is 3. The lowest BCUT2D eigenvalue weighted by atomic mass is 9.94. The van der Waals surface area contributed by atoms with Crippen LogP contribution in [0.25, 0.3) is 5.65 Å². The summed E-state index contributed by atoms with van der Waals surface area (Å²) in [7, 11) is 0. The molecular formula is C16H25Cl2N5. The van der Waals surface area contributed by atoms with Crippen molar-refractivity contribution in [2.75, 3.05) is 24.5 Å². The Hall–Kier alpha value is -1.04. The van der Waals surface area contributed by atoms with Crippen molar-refractivity contribution in [1.29, 1.82) is 0 Å². The van der Waals surface area contributed by atoms with Gasteiger partial charge in [0, 0.05) is 36.5 Å². The summed E-state index contributed by atoms with van der Waals surface area (Å²) >= 11 is 0. The molecule has 2 aliphatic heterocycles. The van der Waals surface area contributed by atoms with E-state index >= 15 is 0 Å². The fourth-order valence-corrected chi connectivity index (χ4v) is 3.79. The van der Waals surface area contributed by atoms with E-state index in [1.54, 1.807) is 0 Å². The minimum absolute atomic E-state index is 0. The van der Waals surface area contributed by atoms with Crippen LogP contribution in [0.2, 0.25) is 0 Å². The van der Waals surface area contributed by atoms with Crippen molar-refractivity contribution in [3.05, 3.63) is 23.0 Å². The Balaban J connectivity index is 0.000000960. The van der Waals surface area contributed by atoms with E-state index in [-0.39, 0.29) is 24.8 Å². The van der Waals surface area contributed by atoms with E-state index in [0.717, 1.165) is 36.0 Å². The van der Waals surface area contributed by atoms with Gasteiger partial charge in [0.15, 0.2) is 5.65 Å². The number of fused-ring (bicyclic) bond motifs is 2. The lowest BCUT2D eigenvalue weighted by Gasteiger charge is -2.24. The maximum absolute atomic E-state index is 4.71. The molecule has 2 fully saturated rings. The van der Waals surface area contributed by atoms with Crippen molar-refractivity contribution in [2.24, 2.45) is 5.92 Å². The SMILES string of the molecule is Cc1cc(N2C[C@@H]3CCCN[C@@H]3C2)n2nc(C)c(C)c2n1.Cl.Cl. The molecule has 2 aromatic rings. The summed E-state index contributed by atoms with van der Waals surface area (Å²) in [5, 5.41) is 8.38. The van der Waals surface area contributed by atoms with E-state index < -0.39 is 0 Å². The zero-order valence-corrected chi connectivity index (χ0v) is 15.5. The molecule has 0 aliphatic carbocycles. The number of nitrogens with zero attached hydrogens (tertiary/aromatic N) is 4. The minimum Gasteiger partial charge on any atom is -0.355 e. The summed E-state index contributed by atoms with van der Waals surface area (Å²) in [6, 6.07) is 2.82.